The zero-order valence-corrected chi connectivity index (χ0v) is 11.3. The molecule has 0 aliphatic heterocycles. The highest BCUT2D eigenvalue weighted by Crippen LogP contribution is 2.18. The van der Waals surface area contributed by atoms with Crippen LogP contribution in [0, 0.1) is 5.92 Å². The zero-order valence-electron chi connectivity index (χ0n) is 11.3. The summed E-state index contributed by atoms with van der Waals surface area (Å²) >= 11 is 0. The molecule has 1 atom stereocenters. The van der Waals surface area contributed by atoms with Crippen LogP contribution in [0.4, 0.5) is 0 Å². The molecule has 1 aromatic rings. The smallest absolute Gasteiger partial charge is 0.183 e. The number of hydrogen-bond acceptors (Lipinski definition) is 2. The Bertz CT molecular complexity index is 344. The fourth-order valence-corrected chi connectivity index (χ4v) is 2.11. The molecular formula is C14H24N2O. The molecule has 1 aromatic heterocycles. The molecule has 1 rings (SSSR count). The van der Waals surface area contributed by atoms with Gasteiger partial charge >= 0.3 is 0 Å². The van der Waals surface area contributed by atoms with Crippen LogP contribution in [0.3, 0.4) is 0 Å². The fourth-order valence-electron chi connectivity index (χ4n) is 2.11. The molecule has 0 aromatic carbocycles. The van der Waals surface area contributed by atoms with E-state index in [2.05, 4.69) is 25.9 Å². The molecule has 1 unspecified atom stereocenters. The van der Waals surface area contributed by atoms with E-state index in [9.17, 15) is 4.79 Å². The third kappa shape index (κ3) is 3.69. The van der Waals surface area contributed by atoms with Crippen LogP contribution in [-0.2, 0) is 6.54 Å². The van der Waals surface area contributed by atoms with Crippen LogP contribution in [0.15, 0.2) is 12.3 Å². The van der Waals surface area contributed by atoms with E-state index in [1.54, 1.807) is 6.20 Å². The largest absolute Gasteiger partial charge is 0.292 e. The molecule has 0 aliphatic carbocycles. The molecule has 3 heteroatoms. The molecule has 0 fully saturated rings. The molecule has 0 aliphatic rings. The number of rotatable bonds is 8. The summed E-state index contributed by atoms with van der Waals surface area (Å²) in [4.78, 5) is 12.4. The number of unbranched alkanes of at least 4 members (excludes halogenated alkanes) is 1. The van der Waals surface area contributed by atoms with Crippen molar-refractivity contribution in [1.82, 2.24) is 9.78 Å². The van der Waals surface area contributed by atoms with E-state index in [1.165, 1.54) is 0 Å². The fraction of sp³-hybridized carbons (Fsp3) is 0.714. The first-order valence-electron chi connectivity index (χ1n) is 6.80. The number of Topliss-reactive ketones (excluding diaryl/α,β-unsaturated/α-hetero) is 1. The Labute approximate surface area is 104 Å². The van der Waals surface area contributed by atoms with Crippen molar-refractivity contribution in [2.24, 2.45) is 5.92 Å². The maximum absolute atomic E-state index is 12.4. The average molecular weight is 236 g/mol. The van der Waals surface area contributed by atoms with E-state index < -0.39 is 0 Å². The lowest BCUT2D eigenvalue weighted by Crippen LogP contribution is -2.19. The van der Waals surface area contributed by atoms with E-state index in [0.29, 0.717) is 0 Å². The van der Waals surface area contributed by atoms with Crippen LogP contribution in [0.2, 0.25) is 0 Å². The molecule has 17 heavy (non-hydrogen) atoms. The summed E-state index contributed by atoms with van der Waals surface area (Å²) in [6.45, 7) is 7.19. The third-order valence-corrected chi connectivity index (χ3v) is 3.17. The van der Waals surface area contributed by atoms with E-state index >= 15 is 0 Å². The first-order chi connectivity index (χ1) is 8.24. The Kier molecular flexibility index (Phi) is 5.95. The summed E-state index contributed by atoms with van der Waals surface area (Å²) in [7, 11) is 0. The summed E-state index contributed by atoms with van der Waals surface area (Å²) in [5, 5.41) is 4.22. The van der Waals surface area contributed by atoms with Gasteiger partial charge in [0.1, 0.15) is 5.69 Å². The second kappa shape index (κ2) is 7.25. The van der Waals surface area contributed by atoms with Crippen molar-refractivity contribution in [1.29, 1.82) is 0 Å². The van der Waals surface area contributed by atoms with Gasteiger partial charge in [-0.1, -0.05) is 33.6 Å². The zero-order chi connectivity index (χ0) is 12.7. The summed E-state index contributed by atoms with van der Waals surface area (Å²) in [5.41, 5.74) is 0.787. The third-order valence-electron chi connectivity index (χ3n) is 3.17. The first-order valence-corrected chi connectivity index (χ1v) is 6.80. The van der Waals surface area contributed by atoms with Crippen molar-refractivity contribution in [3.8, 4) is 0 Å². The standard InChI is InChI=1S/C14H24N2O/c1-4-7-8-12(6-3)14(17)13-9-10-15-16(13)11-5-2/h9-10,12H,4-8,11H2,1-3H3. The predicted octanol–water partition coefficient (Wildman–Crippen LogP) is 3.69. The molecule has 0 radical (unpaired) electrons. The Morgan fingerprint density at radius 2 is 2.12 bits per heavy atom. The second-order valence-corrected chi connectivity index (χ2v) is 4.55. The monoisotopic (exact) mass is 236 g/mol. The predicted molar refractivity (Wildman–Crippen MR) is 70.2 cm³/mol. The van der Waals surface area contributed by atoms with Gasteiger partial charge in [0.15, 0.2) is 5.78 Å². The minimum atomic E-state index is 0.169. The van der Waals surface area contributed by atoms with Gasteiger partial charge in [0.05, 0.1) is 0 Å². The van der Waals surface area contributed by atoms with Crippen molar-refractivity contribution in [2.45, 2.75) is 59.4 Å². The van der Waals surface area contributed by atoms with Gasteiger partial charge in [-0.05, 0) is 25.3 Å². The van der Waals surface area contributed by atoms with E-state index in [4.69, 9.17) is 0 Å². The van der Waals surface area contributed by atoms with Crippen molar-refractivity contribution in [2.75, 3.05) is 0 Å². The quantitative estimate of drug-likeness (QED) is 0.645. The van der Waals surface area contributed by atoms with Crippen LogP contribution >= 0.6 is 0 Å². The van der Waals surface area contributed by atoms with Gasteiger partial charge in [0.25, 0.3) is 0 Å². The van der Waals surface area contributed by atoms with Crippen LogP contribution in [0.1, 0.15) is 63.4 Å². The number of aromatic nitrogens is 2. The number of nitrogens with zero attached hydrogens (tertiary/aromatic N) is 2. The SMILES string of the molecule is CCCCC(CC)C(=O)c1ccnn1CCC. The number of carbonyl (C=O) groups is 1. The molecule has 0 spiro atoms. The van der Waals surface area contributed by atoms with Gasteiger partial charge < -0.3 is 0 Å². The molecule has 0 amide bonds. The molecule has 0 N–H and O–H groups in total. The molecule has 3 nitrogen and oxygen atoms in total. The Morgan fingerprint density at radius 1 is 1.35 bits per heavy atom. The van der Waals surface area contributed by atoms with E-state index in [1.807, 2.05) is 10.7 Å². The normalized spacial score (nSPS) is 12.6. The lowest BCUT2D eigenvalue weighted by atomic mass is 9.93. The highest BCUT2D eigenvalue weighted by molar-refractivity contribution is 5.96. The van der Waals surface area contributed by atoms with Crippen molar-refractivity contribution in [3.63, 3.8) is 0 Å². The summed E-state index contributed by atoms with van der Waals surface area (Å²) < 4.78 is 1.84. The topological polar surface area (TPSA) is 34.9 Å². The summed E-state index contributed by atoms with van der Waals surface area (Å²) in [6.07, 6.45) is 6.95. The summed E-state index contributed by atoms with van der Waals surface area (Å²) in [5.74, 6) is 0.439. The maximum atomic E-state index is 12.4. The second-order valence-electron chi connectivity index (χ2n) is 4.55. The van der Waals surface area contributed by atoms with E-state index in [-0.39, 0.29) is 11.7 Å². The minimum Gasteiger partial charge on any atom is -0.292 e. The van der Waals surface area contributed by atoms with E-state index in [0.717, 1.165) is 44.3 Å². The number of hydrogen-bond donors (Lipinski definition) is 0. The van der Waals surface area contributed by atoms with Crippen molar-refractivity contribution < 1.29 is 4.79 Å². The Morgan fingerprint density at radius 3 is 2.71 bits per heavy atom. The van der Waals surface area contributed by atoms with Gasteiger partial charge in [0, 0.05) is 18.7 Å². The number of aryl methyl sites for hydroxylation is 1. The van der Waals surface area contributed by atoms with Gasteiger partial charge in [-0.2, -0.15) is 5.10 Å². The van der Waals surface area contributed by atoms with Crippen LogP contribution in [0.5, 0.6) is 0 Å². The lowest BCUT2D eigenvalue weighted by Gasteiger charge is -2.14. The number of carbonyl (C=O) groups excluding carboxylic acids is 1. The molecule has 0 bridgehead atoms. The highest BCUT2D eigenvalue weighted by Gasteiger charge is 2.20. The molecule has 0 saturated carbocycles. The molecular weight excluding hydrogens is 212 g/mol. The lowest BCUT2D eigenvalue weighted by molar-refractivity contribution is 0.0897. The van der Waals surface area contributed by atoms with Gasteiger partial charge in [-0.25, -0.2) is 0 Å². The molecule has 1 heterocycles. The van der Waals surface area contributed by atoms with Gasteiger partial charge in [-0.15, -0.1) is 0 Å². The Balaban J connectivity index is 2.74. The summed E-state index contributed by atoms with van der Waals surface area (Å²) in [6, 6.07) is 1.85. The van der Waals surface area contributed by atoms with Crippen LogP contribution in [0.25, 0.3) is 0 Å². The minimum absolute atomic E-state index is 0.169. The van der Waals surface area contributed by atoms with Crippen molar-refractivity contribution >= 4 is 5.78 Å². The average Bonchev–Trinajstić information content (AvgIpc) is 2.78. The van der Waals surface area contributed by atoms with Crippen molar-refractivity contribution in [3.05, 3.63) is 18.0 Å². The van der Waals surface area contributed by atoms with Crippen LogP contribution < -0.4 is 0 Å². The Hall–Kier alpha value is -1.12. The maximum Gasteiger partial charge on any atom is 0.183 e. The number of ketones is 1. The highest BCUT2D eigenvalue weighted by atomic mass is 16.1. The van der Waals surface area contributed by atoms with Crippen LogP contribution in [-0.4, -0.2) is 15.6 Å². The molecule has 0 saturated heterocycles. The molecule has 96 valence electrons. The first kappa shape index (κ1) is 13.9. The van der Waals surface area contributed by atoms with Gasteiger partial charge in [0.2, 0.25) is 0 Å². The van der Waals surface area contributed by atoms with Gasteiger partial charge in [-0.3, -0.25) is 9.48 Å².